The van der Waals surface area contributed by atoms with Crippen LogP contribution in [0.15, 0.2) is 29.4 Å². The molecule has 0 saturated carbocycles. The molecule has 0 unspecified atom stereocenters. The number of nitrogens with zero attached hydrogens (tertiary/aromatic N) is 1. The number of rotatable bonds is 3. The number of carbonyl (C=O) groups excluding carboxylic acids is 1. The van der Waals surface area contributed by atoms with Gasteiger partial charge in [-0.15, -0.1) is 0 Å². The molecule has 0 atom stereocenters. The highest BCUT2D eigenvalue weighted by molar-refractivity contribution is 5.80. The van der Waals surface area contributed by atoms with Gasteiger partial charge in [0, 0.05) is 0 Å². The summed E-state index contributed by atoms with van der Waals surface area (Å²) in [6, 6.07) is 6.41. The topological polar surface area (TPSA) is 70.9 Å². The van der Waals surface area contributed by atoms with Crippen molar-refractivity contribution >= 4 is 12.3 Å². The number of phenols is 1. The van der Waals surface area contributed by atoms with Crippen molar-refractivity contribution in [1.29, 1.82) is 0 Å². The Bertz CT molecular complexity index is 346. The molecule has 5 heteroatoms. The van der Waals surface area contributed by atoms with Gasteiger partial charge in [-0.2, -0.15) is 5.10 Å². The van der Waals surface area contributed by atoms with E-state index in [-0.39, 0.29) is 5.75 Å². The molecular formula is C10H12N2O3. The molecule has 80 valence electrons. The summed E-state index contributed by atoms with van der Waals surface area (Å²) in [5.74, 6) is 0.186. The molecule has 0 aromatic heterocycles. The van der Waals surface area contributed by atoms with Gasteiger partial charge in [0.05, 0.1) is 12.8 Å². The van der Waals surface area contributed by atoms with Crippen LogP contribution in [0.25, 0.3) is 0 Å². The van der Waals surface area contributed by atoms with Crippen molar-refractivity contribution in [3.8, 4) is 5.75 Å². The van der Waals surface area contributed by atoms with E-state index in [1.165, 1.54) is 18.3 Å². The van der Waals surface area contributed by atoms with Crippen molar-refractivity contribution in [2.75, 3.05) is 6.61 Å². The van der Waals surface area contributed by atoms with E-state index in [4.69, 9.17) is 5.11 Å². The van der Waals surface area contributed by atoms with Gasteiger partial charge in [0.2, 0.25) is 0 Å². The van der Waals surface area contributed by atoms with Crippen LogP contribution in [0.4, 0.5) is 4.79 Å². The van der Waals surface area contributed by atoms with Crippen molar-refractivity contribution in [3.63, 3.8) is 0 Å². The number of amides is 1. The van der Waals surface area contributed by atoms with Gasteiger partial charge in [-0.1, -0.05) is 0 Å². The van der Waals surface area contributed by atoms with Gasteiger partial charge in [-0.3, -0.25) is 0 Å². The fraction of sp³-hybridized carbons (Fsp3) is 0.200. The number of hydrogen-bond donors (Lipinski definition) is 2. The first-order valence-electron chi connectivity index (χ1n) is 4.47. The SMILES string of the molecule is CCOC(=O)N/N=C\c1ccc(O)cc1. The summed E-state index contributed by atoms with van der Waals surface area (Å²) in [5, 5.41) is 12.7. The average Bonchev–Trinajstić information content (AvgIpc) is 2.21. The van der Waals surface area contributed by atoms with E-state index >= 15 is 0 Å². The minimum atomic E-state index is -0.590. The lowest BCUT2D eigenvalue weighted by molar-refractivity contribution is 0.152. The van der Waals surface area contributed by atoms with Crippen LogP contribution in [0.2, 0.25) is 0 Å². The Balaban J connectivity index is 2.44. The van der Waals surface area contributed by atoms with Crippen LogP contribution in [0, 0.1) is 0 Å². The maximum absolute atomic E-state index is 10.8. The normalized spacial score (nSPS) is 10.2. The molecule has 0 heterocycles. The monoisotopic (exact) mass is 208 g/mol. The molecule has 0 aliphatic rings. The first-order chi connectivity index (χ1) is 7.22. The molecule has 15 heavy (non-hydrogen) atoms. The highest BCUT2D eigenvalue weighted by Gasteiger charge is 1.95. The van der Waals surface area contributed by atoms with Gasteiger partial charge in [0.25, 0.3) is 0 Å². The van der Waals surface area contributed by atoms with Crippen LogP contribution in [0.3, 0.4) is 0 Å². The van der Waals surface area contributed by atoms with Crippen molar-refractivity contribution in [3.05, 3.63) is 29.8 Å². The van der Waals surface area contributed by atoms with Crippen molar-refractivity contribution in [2.45, 2.75) is 6.92 Å². The number of ether oxygens (including phenoxy) is 1. The van der Waals surface area contributed by atoms with Gasteiger partial charge < -0.3 is 9.84 Å². The minimum absolute atomic E-state index is 0.186. The summed E-state index contributed by atoms with van der Waals surface area (Å²) in [5.41, 5.74) is 2.96. The Morgan fingerprint density at radius 2 is 2.20 bits per heavy atom. The van der Waals surface area contributed by atoms with Crippen LogP contribution in [-0.2, 0) is 4.74 Å². The molecule has 0 bridgehead atoms. The average molecular weight is 208 g/mol. The summed E-state index contributed by atoms with van der Waals surface area (Å²) in [4.78, 5) is 10.8. The minimum Gasteiger partial charge on any atom is -0.508 e. The zero-order valence-corrected chi connectivity index (χ0v) is 8.30. The van der Waals surface area contributed by atoms with Crippen LogP contribution < -0.4 is 5.43 Å². The molecule has 0 radical (unpaired) electrons. The van der Waals surface area contributed by atoms with Gasteiger partial charge in [0.15, 0.2) is 0 Å². The van der Waals surface area contributed by atoms with Gasteiger partial charge in [-0.05, 0) is 36.8 Å². The second-order valence-electron chi connectivity index (χ2n) is 2.68. The van der Waals surface area contributed by atoms with E-state index in [1.807, 2.05) is 0 Å². The molecule has 1 amide bonds. The number of hydrogen-bond acceptors (Lipinski definition) is 4. The van der Waals surface area contributed by atoms with Gasteiger partial charge >= 0.3 is 6.09 Å². The highest BCUT2D eigenvalue weighted by Crippen LogP contribution is 2.07. The van der Waals surface area contributed by atoms with Crippen molar-refractivity contribution in [1.82, 2.24) is 5.43 Å². The number of hydrazone groups is 1. The number of benzene rings is 1. The number of phenolic OH excluding ortho intramolecular Hbond substituents is 1. The largest absolute Gasteiger partial charge is 0.508 e. The summed E-state index contributed by atoms with van der Waals surface area (Å²) in [6.07, 6.45) is 0.864. The molecule has 0 fully saturated rings. The fourth-order valence-corrected chi connectivity index (χ4v) is 0.883. The van der Waals surface area contributed by atoms with Crippen molar-refractivity contribution in [2.24, 2.45) is 5.10 Å². The summed E-state index contributed by atoms with van der Waals surface area (Å²) < 4.78 is 4.60. The van der Waals surface area contributed by atoms with Crippen LogP contribution >= 0.6 is 0 Å². The standard InChI is InChI=1S/C10H12N2O3/c1-2-15-10(14)12-11-7-8-3-5-9(13)6-4-8/h3-7,13H,2H2,1H3,(H,12,14)/b11-7-. The van der Waals surface area contributed by atoms with Crippen LogP contribution in [-0.4, -0.2) is 24.0 Å². The molecule has 2 N–H and O–H groups in total. The summed E-state index contributed by atoms with van der Waals surface area (Å²) in [6.45, 7) is 2.02. The summed E-state index contributed by atoms with van der Waals surface area (Å²) >= 11 is 0. The smallest absolute Gasteiger partial charge is 0.427 e. The molecule has 0 aliphatic carbocycles. The Kier molecular flexibility index (Phi) is 4.15. The molecule has 5 nitrogen and oxygen atoms in total. The van der Waals surface area contributed by atoms with Crippen LogP contribution in [0.5, 0.6) is 5.75 Å². The predicted molar refractivity (Wildman–Crippen MR) is 55.9 cm³/mol. The Labute approximate surface area is 87.4 Å². The molecule has 0 aliphatic heterocycles. The summed E-state index contributed by atoms with van der Waals surface area (Å²) in [7, 11) is 0. The quantitative estimate of drug-likeness (QED) is 0.583. The Morgan fingerprint density at radius 1 is 1.53 bits per heavy atom. The predicted octanol–water partition coefficient (Wildman–Crippen LogP) is 1.47. The molecule has 1 aromatic carbocycles. The maximum atomic E-state index is 10.8. The fourth-order valence-electron chi connectivity index (χ4n) is 0.883. The second kappa shape index (κ2) is 5.64. The third-order valence-corrected chi connectivity index (χ3v) is 1.54. The first kappa shape index (κ1) is 11.0. The Hall–Kier alpha value is -2.04. The van der Waals surface area contributed by atoms with Crippen molar-refractivity contribution < 1.29 is 14.6 Å². The van der Waals surface area contributed by atoms with E-state index < -0.39 is 6.09 Å². The lowest BCUT2D eigenvalue weighted by atomic mass is 10.2. The second-order valence-corrected chi connectivity index (χ2v) is 2.68. The van der Waals surface area contributed by atoms with Gasteiger partial charge in [-0.25, -0.2) is 10.2 Å². The van der Waals surface area contributed by atoms with E-state index in [2.05, 4.69) is 15.3 Å². The number of aromatic hydroxyl groups is 1. The number of nitrogens with one attached hydrogen (secondary N) is 1. The van der Waals surface area contributed by atoms with Gasteiger partial charge in [0.1, 0.15) is 5.75 Å². The first-order valence-corrected chi connectivity index (χ1v) is 4.47. The molecule has 1 rings (SSSR count). The number of carbonyl (C=O) groups is 1. The van der Waals surface area contributed by atoms with E-state index in [0.29, 0.717) is 6.61 Å². The molecule has 0 saturated heterocycles. The van der Waals surface area contributed by atoms with E-state index in [0.717, 1.165) is 5.56 Å². The molecule has 0 spiro atoms. The maximum Gasteiger partial charge on any atom is 0.427 e. The lowest BCUT2D eigenvalue weighted by Crippen LogP contribution is -2.18. The van der Waals surface area contributed by atoms with E-state index in [1.54, 1.807) is 19.1 Å². The zero-order valence-electron chi connectivity index (χ0n) is 8.30. The molecule has 1 aromatic rings. The van der Waals surface area contributed by atoms with Crippen LogP contribution in [0.1, 0.15) is 12.5 Å². The third kappa shape index (κ3) is 4.12. The molecular weight excluding hydrogens is 196 g/mol. The third-order valence-electron chi connectivity index (χ3n) is 1.54. The lowest BCUT2D eigenvalue weighted by Gasteiger charge is -1.98. The Morgan fingerprint density at radius 3 is 2.80 bits per heavy atom. The van der Waals surface area contributed by atoms with E-state index in [9.17, 15) is 4.79 Å². The highest BCUT2D eigenvalue weighted by atomic mass is 16.5. The zero-order chi connectivity index (χ0) is 11.1.